The SMILES string of the molecule is CCC(Sc1cccc(NC(=O)c2c(Cl)c(Cl)c(Cl)c(Cl)c2C(=O)O)c1)C(=O)Nc1cccc(Cl)c1Cl. The summed E-state index contributed by atoms with van der Waals surface area (Å²) in [6.45, 7) is 1.85. The average Bonchev–Trinajstić information content (AvgIpc) is 2.85. The van der Waals surface area contributed by atoms with E-state index >= 15 is 0 Å². The number of hydrogen-bond donors (Lipinski definition) is 3. The van der Waals surface area contributed by atoms with Gasteiger partial charge in [-0.05, 0) is 36.8 Å². The van der Waals surface area contributed by atoms with Crippen LogP contribution in [0.5, 0.6) is 0 Å². The Morgan fingerprint density at radius 3 is 2.08 bits per heavy atom. The number of anilines is 2. The van der Waals surface area contributed by atoms with Gasteiger partial charge in [-0.1, -0.05) is 88.7 Å². The molecule has 3 N–H and O–H groups in total. The standard InChI is InChI=1S/C24H16Cl6N2O4S/c1-2-14(22(33)32-13-8-4-7-12(25)17(13)26)37-11-6-3-5-10(9-11)31-23(34)15-16(24(35)36)19(28)21(30)20(29)18(15)27/h3-9,14H,2H2,1H3,(H,31,34)(H,32,33)(H,35,36). The molecule has 0 aliphatic heterocycles. The second kappa shape index (κ2) is 12.8. The van der Waals surface area contributed by atoms with Crippen LogP contribution in [0.1, 0.15) is 34.1 Å². The first-order valence-electron chi connectivity index (χ1n) is 10.4. The van der Waals surface area contributed by atoms with Crippen LogP contribution in [0.4, 0.5) is 11.4 Å². The summed E-state index contributed by atoms with van der Waals surface area (Å²) in [6, 6.07) is 11.6. The Balaban J connectivity index is 1.82. The molecule has 0 saturated carbocycles. The third-order valence-corrected chi connectivity index (χ3v) is 8.93. The maximum absolute atomic E-state index is 13.0. The fourth-order valence-electron chi connectivity index (χ4n) is 3.19. The molecule has 0 saturated heterocycles. The van der Waals surface area contributed by atoms with Gasteiger partial charge in [-0.3, -0.25) is 9.59 Å². The Kier molecular flexibility index (Phi) is 10.3. The van der Waals surface area contributed by atoms with Crippen LogP contribution in [0, 0.1) is 0 Å². The van der Waals surface area contributed by atoms with Gasteiger partial charge in [0.2, 0.25) is 5.91 Å². The average molecular weight is 641 g/mol. The van der Waals surface area contributed by atoms with Gasteiger partial charge in [0.05, 0.1) is 52.2 Å². The Bertz CT molecular complexity index is 1400. The number of nitrogens with one attached hydrogen (secondary N) is 2. The van der Waals surface area contributed by atoms with Gasteiger partial charge < -0.3 is 15.7 Å². The van der Waals surface area contributed by atoms with E-state index in [0.29, 0.717) is 27.7 Å². The Morgan fingerprint density at radius 2 is 1.46 bits per heavy atom. The van der Waals surface area contributed by atoms with Crippen LogP contribution in [-0.2, 0) is 4.79 Å². The molecule has 194 valence electrons. The molecular weight excluding hydrogens is 625 g/mol. The highest BCUT2D eigenvalue weighted by Crippen LogP contribution is 2.42. The van der Waals surface area contributed by atoms with Crippen molar-refractivity contribution in [1.29, 1.82) is 0 Å². The summed E-state index contributed by atoms with van der Waals surface area (Å²) in [5, 5.41) is 13.7. The molecule has 0 aliphatic rings. The number of carbonyl (C=O) groups is 3. The zero-order chi connectivity index (χ0) is 27.4. The molecule has 0 radical (unpaired) electrons. The molecule has 0 spiro atoms. The van der Waals surface area contributed by atoms with Gasteiger partial charge in [0.25, 0.3) is 5.91 Å². The third-order valence-electron chi connectivity index (χ3n) is 4.95. The van der Waals surface area contributed by atoms with Gasteiger partial charge in [-0.15, -0.1) is 11.8 Å². The summed E-state index contributed by atoms with van der Waals surface area (Å²) >= 11 is 37.6. The molecule has 37 heavy (non-hydrogen) atoms. The highest BCUT2D eigenvalue weighted by atomic mass is 35.5. The lowest BCUT2D eigenvalue weighted by Gasteiger charge is -2.17. The number of carboxylic acid groups (broad SMARTS) is 1. The zero-order valence-electron chi connectivity index (χ0n) is 18.7. The lowest BCUT2D eigenvalue weighted by molar-refractivity contribution is -0.115. The summed E-state index contributed by atoms with van der Waals surface area (Å²) in [5.41, 5.74) is -0.300. The second-order valence-electron chi connectivity index (χ2n) is 7.40. The van der Waals surface area contributed by atoms with E-state index in [2.05, 4.69) is 10.6 Å². The van der Waals surface area contributed by atoms with Crippen molar-refractivity contribution in [3.05, 3.63) is 83.7 Å². The van der Waals surface area contributed by atoms with Crippen LogP contribution >= 0.6 is 81.4 Å². The molecule has 3 aromatic rings. The van der Waals surface area contributed by atoms with Gasteiger partial charge >= 0.3 is 5.97 Å². The smallest absolute Gasteiger partial charge is 0.338 e. The van der Waals surface area contributed by atoms with Crippen molar-refractivity contribution < 1.29 is 19.5 Å². The predicted molar refractivity (Wildman–Crippen MR) is 153 cm³/mol. The van der Waals surface area contributed by atoms with E-state index < -0.39 is 33.3 Å². The number of aromatic carboxylic acids is 1. The van der Waals surface area contributed by atoms with E-state index in [0.717, 1.165) is 0 Å². The van der Waals surface area contributed by atoms with E-state index in [-0.39, 0.29) is 26.0 Å². The molecule has 0 bridgehead atoms. The molecule has 0 aliphatic carbocycles. The number of amides is 2. The minimum Gasteiger partial charge on any atom is -0.478 e. The van der Waals surface area contributed by atoms with Crippen molar-refractivity contribution in [2.24, 2.45) is 0 Å². The molecule has 0 heterocycles. The Morgan fingerprint density at radius 1 is 0.838 bits per heavy atom. The minimum absolute atomic E-state index is 0.240. The fraction of sp³-hybridized carbons (Fsp3) is 0.125. The van der Waals surface area contributed by atoms with Crippen LogP contribution in [0.15, 0.2) is 47.4 Å². The fourth-order valence-corrected chi connectivity index (χ4v) is 5.57. The first-order chi connectivity index (χ1) is 17.5. The van der Waals surface area contributed by atoms with Crippen molar-refractivity contribution >= 4 is 111 Å². The van der Waals surface area contributed by atoms with Gasteiger partial charge in [0.15, 0.2) is 0 Å². The molecule has 0 aromatic heterocycles. The Hall–Kier alpha value is -1.84. The van der Waals surface area contributed by atoms with Crippen molar-refractivity contribution in [2.75, 3.05) is 10.6 Å². The summed E-state index contributed by atoms with van der Waals surface area (Å²) in [4.78, 5) is 38.3. The maximum atomic E-state index is 13.0. The van der Waals surface area contributed by atoms with E-state index in [1.165, 1.54) is 11.8 Å². The van der Waals surface area contributed by atoms with E-state index in [1.807, 2.05) is 6.92 Å². The summed E-state index contributed by atoms with van der Waals surface area (Å²) in [6.07, 6.45) is 0.491. The quantitative estimate of drug-likeness (QED) is 0.130. The number of benzene rings is 3. The van der Waals surface area contributed by atoms with Crippen molar-refractivity contribution in [2.45, 2.75) is 23.5 Å². The van der Waals surface area contributed by atoms with E-state index in [9.17, 15) is 19.5 Å². The number of carboxylic acids is 1. The lowest BCUT2D eigenvalue weighted by atomic mass is 10.1. The molecule has 6 nitrogen and oxygen atoms in total. The number of hydrogen-bond acceptors (Lipinski definition) is 4. The van der Waals surface area contributed by atoms with Crippen molar-refractivity contribution in [1.82, 2.24) is 0 Å². The van der Waals surface area contributed by atoms with Gasteiger partial charge in [-0.25, -0.2) is 4.79 Å². The van der Waals surface area contributed by atoms with Gasteiger partial charge in [0, 0.05) is 10.6 Å². The van der Waals surface area contributed by atoms with Crippen LogP contribution < -0.4 is 10.6 Å². The lowest BCUT2D eigenvalue weighted by Crippen LogP contribution is -2.24. The number of halogens is 6. The van der Waals surface area contributed by atoms with Gasteiger partial charge in [0.1, 0.15) is 0 Å². The van der Waals surface area contributed by atoms with Crippen LogP contribution in [0.2, 0.25) is 30.1 Å². The van der Waals surface area contributed by atoms with Crippen molar-refractivity contribution in [3.63, 3.8) is 0 Å². The predicted octanol–water partition coefficient (Wildman–Crippen LogP) is 9.07. The monoisotopic (exact) mass is 638 g/mol. The summed E-state index contributed by atoms with van der Waals surface area (Å²) in [5.74, 6) is -2.64. The molecule has 1 unspecified atom stereocenters. The summed E-state index contributed by atoms with van der Waals surface area (Å²) in [7, 11) is 0. The molecule has 2 amide bonds. The topological polar surface area (TPSA) is 95.5 Å². The largest absolute Gasteiger partial charge is 0.478 e. The van der Waals surface area contributed by atoms with E-state index in [1.54, 1.807) is 42.5 Å². The van der Waals surface area contributed by atoms with Crippen LogP contribution in [0.3, 0.4) is 0 Å². The van der Waals surface area contributed by atoms with Crippen LogP contribution in [-0.4, -0.2) is 28.1 Å². The first-order valence-corrected chi connectivity index (χ1v) is 13.5. The highest BCUT2D eigenvalue weighted by molar-refractivity contribution is 8.00. The molecule has 1 atom stereocenters. The molecule has 3 rings (SSSR count). The Labute approximate surface area is 246 Å². The van der Waals surface area contributed by atoms with E-state index in [4.69, 9.17) is 69.6 Å². The normalized spacial score (nSPS) is 11.6. The summed E-state index contributed by atoms with van der Waals surface area (Å²) < 4.78 is 0. The minimum atomic E-state index is -1.50. The van der Waals surface area contributed by atoms with Crippen molar-refractivity contribution in [3.8, 4) is 0 Å². The number of carbonyl (C=O) groups excluding carboxylic acids is 2. The highest BCUT2D eigenvalue weighted by Gasteiger charge is 2.29. The van der Waals surface area contributed by atoms with Crippen LogP contribution in [0.25, 0.3) is 0 Å². The second-order valence-corrected chi connectivity index (χ2v) is 11.0. The number of rotatable bonds is 8. The molecule has 13 heteroatoms. The van der Waals surface area contributed by atoms with Gasteiger partial charge in [-0.2, -0.15) is 0 Å². The third kappa shape index (κ3) is 6.79. The molecule has 0 fully saturated rings. The number of thioether (sulfide) groups is 1. The zero-order valence-corrected chi connectivity index (χ0v) is 24.0. The molecule has 3 aromatic carbocycles. The molecular formula is C24H16Cl6N2O4S. The maximum Gasteiger partial charge on any atom is 0.338 e. The first kappa shape index (κ1) is 29.7.